The Kier molecular flexibility index (Phi) is 4.27. The van der Waals surface area contributed by atoms with E-state index in [1.807, 2.05) is 6.92 Å². The van der Waals surface area contributed by atoms with Crippen LogP contribution in [0.5, 0.6) is 0 Å². The maximum absolute atomic E-state index is 14.1. The number of nitrogens with one attached hydrogen (secondary N) is 1. The predicted octanol–water partition coefficient (Wildman–Crippen LogP) is 3.63. The molecule has 1 aromatic rings. The SMILES string of the molecule is CCN(C1CC2CCC(C1)N2)C(C)c1c(F)cccc1F. The first kappa shape index (κ1) is 14.9. The van der Waals surface area contributed by atoms with Crippen LogP contribution in [0.2, 0.25) is 0 Å². The molecule has 3 atom stereocenters. The number of hydrogen-bond donors (Lipinski definition) is 1. The van der Waals surface area contributed by atoms with Gasteiger partial charge < -0.3 is 5.32 Å². The predicted molar refractivity (Wildman–Crippen MR) is 80.1 cm³/mol. The van der Waals surface area contributed by atoms with Crippen LogP contribution < -0.4 is 5.32 Å². The van der Waals surface area contributed by atoms with Crippen LogP contribution in [-0.4, -0.2) is 29.6 Å². The van der Waals surface area contributed by atoms with Gasteiger partial charge >= 0.3 is 0 Å². The Morgan fingerprint density at radius 1 is 1.19 bits per heavy atom. The van der Waals surface area contributed by atoms with Crippen LogP contribution >= 0.6 is 0 Å². The molecule has 3 rings (SSSR count). The van der Waals surface area contributed by atoms with Gasteiger partial charge in [-0.2, -0.15) is 0 Å². The van der Waals surface area contributed by atoms with Gasteiger partial charge in [0.05, 0.1) is 0 Å². The van der Waals surface area contributed by atoms with Gasteiger partial charge in [0.2, 0.25) is 0 Å². The van der Waals surface area contributed by atoms with Crippen LogP contribution in [0.1, 0.15) is 51.1 Å². The van der Waals surface area contributed by atoms with Crippen molar-refractivity contribution in [2.45, 2.75) is 63.7 Å². The van der Waals surface area contributed by atoms with Crippen LogP contribution in [0.3, 0.4) is 0 Å². The summed E-state index contributed by atoms with van der Waals surface area (Å²) in [4.78, 5) is 2.27. The van der Waals surface area contributed by atoms with Crippen LogP contribution in [0.4, 0.5) is 8.78 Å². The first-order valence-electron chi connectivity index (χ1n) is 8.05. The zero-order valence-corrected chi connectivity index (χ0v) is 12.8. The number of nitrogens with zero attached hydrogens (tertiary/aromatic N) is 1. The highest BCUT2D eigenvalue weighted by Crippen LogP contribution is 2.35. The van der Waals surface area contributed by atoms with E-state index >= 15 is 0 Å². The topological polar surface area (TPSA) is 15.3 Å². The molecule has 0 saturated carbocycles. The molecule has 0 aromatic heterocycles. The zero-order valence-electron chi connectivity index (χ0n) is 12.8. The molecule has 2 bridgehead atoms. The van der Waals surface area contributed by atoms with E-state index in [2.05, 4.69) is 17.1 Å². The lowest BCUT2D eigenvalue weighted by Gasteiger charge is -2.40. The van der Waals surface area contributed by atoms with E-state index in [1.54, 1.807) is 0 Å². The molecular weight excluding hydrogens is 270 g/mol. The van der Waals surface area contributed by atoms with E-state index in [0.717, 1.165) is 19.4 Å². The Labute approximate surface area is 125 Å². The Bertz CT molecular complexity index is 473. The first-order valence-corrected chi connectivity index (χ1v) is 8.05. The third-order valence-corrected chi connectivity index (χ3v) is 5.20. The number of halogens is 2. The van der Waals surface area contributed by atoms with Crippen molar-refractivity contribution in [1.82, 2.24) is 10.2 Å². The second-order valence-electron chi connectivity index (χ2n) is 6.40. The third kappa shape index (κ3) is 2.84. The van der Waals surface area contributed by atoms with Gasteiger partial charge in [-0.3, -0.25) is 4.90 Å². The zero-order chi connectivity index (χ0) is 15.0. The summed E-state index contributed by atoms with van der Waals surface area (Å²) >= 11 is 0. The van der Waals surface area contributed by atoms with Gasteiger partial charge in [0.1, 0.15) is 11.6 Å². The monoisotopic (exact) mass is 294 g/mol. The van der Waals surface area contributed by atoms with Crippen molar-refractivity contribution in [1.29, 1.82) is 0 Å². The average molecular weight is 294 g/mol. The number of rotatable bonds is 4. The van der Waals surface area contributed by atoms with Gasteiger partial charge in [-0.15, -0.1) is 0 Å². The van der Waals surface area contributed by atoms with Crippen molar-refractivity contribution in [3.63, 3.8) is 0 Å². The van der Waals surface area contributed by atoms with E-state index in [4.69, 9.17) is 0 Å². The summed E-state index contributed by atoms with van der Waals surface area (Å²) in [5.74, 6) is -0.865. The normalized spacial score (nSPS) is 29.9. The number of benzene rings is 1. The van der Waals surface area contributed by atoms with E-state index in [9.17, 15) is 8.78 Å². The first-order chi connectivity index (χ1) is 10.1. The summed E-state index contributed by atoms with van der Waals surface area (Å²) in [5, 5.41) is 3.63. The maximum atomic E-state index is 14.1. The molecule has 0 radical (unpaired) electrons. The van der Waals surface area contributed by atoms with Crippen molar-refractivity contribution >= 4 is 0 Å². The van der Waals surface area contributed by atoms with Crippen molar-refractivity contribution < 1.29 is 8.78 Å². The van der Waals surface area contributed by atoms with Crippen LogP contribution in [0.15, 0.2) is 18.2 Å². The minimum absolute atomic E-state index is 0.213. The van der Waals surface area contributed by atoms with Gasteiger partial charge in [0.25, 0.3) is 0 Å². The van der Waals surface area contributed by atoms with Gasteiger partial charge in [0.15, 0.2) is 0 Å². The molecule has 2 fully saturated rings. The average Bonchev–Trinajstić information content (AvgIpc) is 2.78. The second-order valence-corrected chi connectivity index (χ2v) is 6.40. The summed E-state index contributed by atoms with van der Waals surface area (Å²) in [6, 6.07) is 5.51. The Morgan fingerprint density at radius 2 is 1.76 bits per heavy atom. The van der Waals surface area contributed by atoms with Crippen molar-refractivity contribution in [3.05, 3.63) is 35.4 Å². The molecule has 2 aliphatic heterocycles. The molecule has 21 heavy (non-hydrogen) atoms. The van der Waals surface area contributed by atoms with E-state index < -0.39 is 11.6 Å². The minimum atomic E-state index is -0.433. The Hall–Kier alpha value is -1.00. The summed E-state index contributed by atoms with van der Waals surface area (Å²) in [5.41, 5.74) is 0.213. The van der Waals surface area contributed by atoms with Crippen LogP contribution in [-0.2, 0) is 0 Å². The molecule has 0 aliphatic carbocycles. The molecule has 2 saturated heterocycles. The van der Waals surface area contributed by atoms with Crippen molar-refractivity contribution in [2.24, 2.45) is 0 Å². The number of hydrogen-bond acceptors (Lipinski definition) is 2. The molecule has 2 aliphatic rings. The third-order valence-electron chi connectivity index (χ3n) is 5.20. The molecule has 116 valence electrons. The lowest BCUT2D eigenvalue weighted by atomic mass is 9.95. The van der Waals surface area contributed by atoms with Crippen molar-refractivity contribution in [2.75, 3.05) is 6.54 Å². The second kappa shape index (κ2) is 6.01. The van der Waals surface area contributed by atoms with Gasteiger partial charge in [-0.1, -0.05) is 13.0 Å². The number of piperidine rings is 1. The quantitative estimate of drug-likeness (QED) is 0.912. The molecule has 4 heteroatoms. The van der Waals surface area contributed by atoms with Crippen LogP contribution in [0.25, 0.3) is 0 Å². The summed E-state index contributed by atoms with van der Waals surface area (Å²) in [6.07, 6.45) is 4.65. The Morgan fingerprint density at radius 3 is 2.29 bits per heavy atom. The van der Waals surface area contributed by atoms with Gasteiger partial charge in [0, 0.05) is 29.7 Å². The standard InChI is InChI=1S/C17H24F2N2/c1-3-21(14-9-12-7-8-13(10-14)20-12)11(2)17-15(18)5-4-6-16(17)19/h4-6,11-14,20H,3,7-10H2,1-2H3. The summed E-state index contributed by atoms with van der Waals surface area (Å²) in [7, 11) is 0. The summed E-state index contributed by atoms with van der Waals surface area (Å²) < 4.78 is 28.1. The summed E-state index contributed by atoms with van der Waals surface area (Å²) in [6.45, 7) is 4.83. The molecule has 2 heterocycles. The van der Waals surface area contributed by atoms with Crippen molar-refractivity contribution in [3.8, 4) is 0 Å². The fourth-order valence-electron chi connectivity index (χ4n) is 4.22. The van der Waals surface area contributed by atoms with E-state index in [0.29, 0.717) is 18.1 Å². The lowest BCUT2D eigenvalue weighted by molar-refractivity contribution is 0.104. The number of fused-ring (bicyclic) bond motifs is 2. The molecular formula is C17H24F2N2. The smallest absolute Gasteiger partial charge is 0.130 e. The highest BCUT2D eigenvalue weighted by atomic mass is 19.1. The van der Waals surface area contributed by atoms with Gasteiger partial charge in [-0.25, -0.2) is 8.78 Å². The molecule has 0 amide bonds. The molecule has 0 spiro atoms. The fraction of sp³-hybridized carbons (Fsp3) is 0.647. The maximum Gasteiger partial charge on any atom is 0.130 e. The molecule has 1 N–H and O–H groups in total. The molecule has 1 aromatic carbocycles. The lowest BCUT2D eigenvalue weighted by Crippen LogP contribution is -2.49. The highest BCUT2D eigenvalue weighted by molar-refractivity contribution is 5.23. The molecule has 3 unspecified atom stereocenters. The Balaban J connectivity index is 1.82. The fourth-order valence-corrected chi connectivity index (χ4v) is 4.22. The van der Waals surface area contributed by atoms with Crippen LogP contribution in [0, 0.1) is 11.6 Å². The van der Waals surface area contributed by atoms with E-state index in [1.165, 1.54) is 31.0 Å². The van der Waals surface area contributed by atoms with Gasteiger partial charge in [-0.05, 0) is 51.3 Å². The largest absolute Gasteiger partial charge is 0.311 e. The minimum Gasteiger partial charge on any atom is -0.311 e. The molecule has 2 nitrogen and oxygen atoms in total. The highest BCUT2D eigenvalue weighted by Gasteiger charge is 2.37. The van der Waals surface area contributed by atoms with E-state index in [-0.39, 0.29) is 11.6 Å².